The van der Waals surface area contributed by atoms with Crippen molar-refractivity contribution < 1.29 is 14.6 Å². The number of rotatable bonds is 1. The molecule has 1 amide bonds. The van der Waals surface area contributed by atoms with Gasteiger partial charge in [-0.15, -0.1) is 0 Å². The summed E-state index contributed by atoms with van der Waals surface area (Å²) in [7, 11) is 0. The summed E-state index contributed by atoms with van der Waals surface area (Å²) in [6, 6.07) is 3.78. The van der Waals surface area contributed by atoms with E-state index in [1.165, 1.54) is 0 Å². The van der Waals surface area contributed by atoms with Gasteiger partial charge in [-0.3, -0.25) is 4.90 Å². The lowest BCUT2D eigenvalue weighted by Crippen LogP contribution is -2.35. The normalized spacial score (nSPS) is 14.5. The summed E-state index contributed by atoms with van der Waals surface area (Å²) in [4.78, 5) is 13.8. The summed E-state index contributed by atoms with van der Waals surface area (Å²) in [6.07, 6.45) is 0.408. The molecule has 0 fully saturated rings. The highest BCUT2D eigenvalue weighted by Gasteiger charge is 2.30. The van der Waals surface area contributed by atoms with Gasteiger partial charge in [-0.05, 0) is 50.5 Å². The van der Waals surface area contributed by atoms with E-state index in [0.717, 1.165) is 27.7 Å². The molecule has 1 aliphatic heterocycles. The zero-order chi connectivity index (χ0) is 14.2. The minimum atomic E-state index is -0.508. The molecule has 1 aromatic carbocycles. The van der Waals surface area contributed by atoms with Crippen molar-refractivity contribution in [3.05, 3.63) is 27.7 Å². The molecule has 1 N–H and O–H groups in total. The van der Waals surface area contributed by atoms with Crippen LogP contribution >= 0.6 is 15.9 Å². The molecule has 0 aromatic heterocycles. The summed E-state index contributed by atoms with van der Waals surface area (Å²) in [5.41, 5.74) is 2.20. The van der Waals surface area contributed by atoms with Crippen LogP contribution in [0.15, 0.2) is 16.6 Å². The number of halogens is 1. The Bertz CT molecular complexity index is 508. The minimum absolute atomic E-state index is 0.0239. The van der Waals surface area contributed by atoms with Gasteiger partial charge >= 0.3 is 6.09 Å². The molecule has 0 atom stereocenters. The maximum atomic E-state index is 12.2. The van der Waals surface area contributed by atoms with Gasteiger partial charge in [0, 0.05) is 11.0 Å². The molecule has 1 heterocycles. The molecule has 0 unspecified atom stereocenters. The van der Waals surface area contributed by atoms with E-state index >= 15 is 0 Å². The molecule has 0 saturated heterocycles. The van der Waals surface area contributed by atoms with Crippen LogP contribution in [0.2, 0.25) is 0 Å². The minimum Gasteiger partial charge on any atom is -0.443 e. The highest BCUT2D eigenvalue weighted by atomic mass is 79.9. The third kappa shape index (κ3) is 3.09. The van der Waals surface area contributed by atoms with Crippen LogP contribution in [-0.4, -0.2) is 23.3 Å². The maximum Gasteiger partial charge on any atom is 0.414 e. The van der Waals surface area contributed by atoms with Gasteiger partial charge in [0.15, 0.2) is 0 Å². The molecule has 19 heavy (non-hydrogen) atoms. The van der Waals surface area contributed by atoms with E-state index in [0.29, 0.717) is 6.54 Å². The molecule has 0 saturated carbocycles. The van der Waals surface area contributed by atoms with Gasteiger partial charge in [0.1, 0.15) is 5.60 Å². The van der Waals surface area contributed by atoms with E-state index in [-0.39, 0.29) is 12.7 Å². The van der Waals surface area contributed by atoms with E-state index in [2.05, 4.69) is 15.9 Å². The summed E-state index contributed by atoms with van der Waals surface area (Å²) >= 11 is 3.40. The van der Waals surface area contributed by atoms with Crippen LogP contribution in [0.3, 0.4) is 0 Å². The molecular weight excluding hydrogens is 310 g/mol. The number of amides is 1. The molecule has 104 valence electrons. The zero-order valence-electron chi connectivity index (χ0n) is 11.4. The van der Waals surface area contributed by atoms with Gasteiger partial charge in [0.05, 0.1) is 12.3 Å². The summed E-state index contributed by atoms with van der Waals surface area (Å²) in [5.74, 6) is 0. The first-order valence-electron chi connectivity index (χ1n) is 6.24. The number of hydrogen-bond acceptors (Lipinski definition) is 3. The second kappa shape index (κ2) is 5.13. The van der Waals surface area contributed by atoms with E-state index in [1.807, 2.05) is 32.9 Å². The third-order valence-electron chi connectivity index (χ3n) is 2.94. The number of carbonyl (C=O) groups is 1. The molecule has 2 rings (SSSR count). The van der Waals surface area contributed by atoms with Gasteiger partial charge in [-0.2, -0.15) is 0 Å². The Morgan fingerprint density at radius 2 is 2.16 bits per heavy atom. The quantitative estimate of drug-likeness (QED) is 0.861. The Kier molecular flexibility index (Phi) is 3.87. The number of anilines is 1. The summed E-state index contributed by atoms with van der Waals surface area (Å²) in [6.45, 7) is 6.11. The Labute approximate surface area is 121 Å². The molecule has 1 aliphatic rings. The molecule has 1 aromatic rings. The van der Waals surface area contributed by atoms with E-state index in [9.17, 15) is 9.90 Å². The lowest BCUT2D eigenvalue weighted by molar-refractivity contribution is 0.0584. The fourth-order valence-electron chi connectivity index (χ4n) is 2.20. The molecule has 4 nitrogen and oxygen atoms in total. The number of carbonyl (C=O) groups excluding carboxylic acids is 1. The number of ether oxygens (including phenoxy) is 1. The van der Waals surface area contributed by atoms with Gasteiger partial charge in [-0.1, -0.05) is 15.9 Å². The van der Waals surface area contributed by atoms with Crippen LogP contribution in [0.5, 0.6) is 0 Å². The van der Waals surface area contributed by atoms with Crippen molar-refractivity contribution in [1.82, 2.24) is 0 Å². The lowest BCUT2D eigenvalue weighted by Gasteiger charge is -2.25. The highest BCUT2D eigenvalue weighted by Crippen LogP contribution is 2.35. The van der Waals surface area contributed by atoms with Crippen LogP contribution in [0.4, 0.5) is 10.5 Å². The van der Waals surface area contributed by atoms with Crippen LogP contribution in [0, 0.1) is 0 Å². The molecule has 0 spiro atoms. The predicted molar refractivity (Wildman–Crippen MR) is 77.3 cm³/mol. The number of hydrogen-bond donors (Lipinski definition) is 1. The highest BCUT2D eigenvalue weighted by molar-refractivity contribution is 9.10. The van der Waals surface area contributed by atoms with Crippen molar-refractivity contribution in [2.45, 2.75) is 39.4 Å². The number of aliphatic hydroxyl groups excluding tert-OH is 1. The zero-order valence-corrected chi connectivity index (χ0v) is 13.0. The predicted octanol–water partition coefficient (Wildman–Crippen LogP) is 3.24. The first-order chi connectivity index (χ1) is 8.81. The number of benzene rings is 1. The van der Waals surface area contributed by atoms with E-state index in [4.69, 9.17) is 4.74 Å². The van der Waals surface area contributed by atoms with E-state index in [1.54, 1.807) is 4.90 Å². The van der Waals surface area contributed by atoms with Gasteiger partial charge in [0.2, 0.25) is 0 Å². The van der Waals surface area contributed by atoms with Crippen LogP contribution in [0.25, 0.3) is 0 Å². The first kappa shape index (κ1) is 14.3. The topological polar surface area (TPSA) is 49.8 Å². The van der Waals surface area contributed by atoms with Crippen molar-refractivity contribution in [2.24, 2.45) is 0 Å². The average molecular weight is 328 g/mol. The van der Waals surface area contributed by atoms with Gasteiger partial charge in [-0.25, -0.2) is 4.79 Å². The van der Waals surface area contributed by atoms with Crippen molar-refractivity contribution in [1.29, 1.82) is 0 Å². The maximum absolute atomic E-state index is 12.2. The molecule has 0 radical (unpaired) electrons. The Morgan fingerprint density at radius 3 is 2.74 bits per heavy atom. The van der Waals surface area contributed by atoms with Crippen molar-refractivity contribution in [2.75, 3.05) is 11.4 Å². The fraction of sp³-hybridized carbons (Fsp3) is 0.500. The monoisotopic (exact) mass is 327 g/mol. The Morgan fingerprint density at radius 1 is 1.47 bits per heavy atom. The standard InChI is InChI=1S/C14H18BrNO3/c1-14(2,3)19-13(18)16-5-4-11-9(8-17)6-10(15)7-12(11)16/h6-7,17H,4-5,8H2,1-3H3. The van der Waals surface area contributed by atoms with Crippen molar-refractivity contribution in [3.63, 3.8) is 0 Å². The Balaban J connectivity index is 2.31. The first-order valence-corrected chi connectivity index (χ1v) is 7.04. The fourth-order valence-corrected chi connectivity index (χ4v) is 2.69. The largest absolute Gasteiger partial charge is 0.443 e. The summed E-state index contributed by atoms with van der Waals surface area (Å²) in [5, 5.41) is 9.38. The third-order valence-corrected chi connectivity index (χ3v) is 3.40. The molecule has 0 aliphatic carbocycles. The van der Waals surface area contributed by atoms with Crippen LogP contribution < -0.4 is 4.90 Å². The number of nitrogens with zero attached hydrogens (tertiary/aromatic N) is 1. The van der Waals surface area contributed by atoms with Crippen LogP contribution in [-0.2, 0) is 17.8 Å². The molecule has 5 heteroatoms. The second-order valence-electron chi connectivity index (χ2n) is 5.60. The Hall–Kier alpha value is -1.07. The second-order valence-corrected chi connectivity index (χ2v) is 6.52. The number of fused-ring (bicyclic) bond motifs is 1. The van der Waals surface area contributed by atoms with Crippen molar-refractivity contribution in [3.8, 4) is 0 Å². The smallest absolute Gasteiger partial charge is 0.414 e. The average Bonchev–Trinajstić information content (AvgIpc) is 2.69. The van der Waals surface area contributed by atoms with Crippen molar-refractivity contribution >= 4 is 27.7 Å². The van der Waals surface area contributed by atoms with Crippen LogP contribution in [0.1, 0.15) is 31.9 Å². The van der Waals surface area contributed by atoms with Gasteiger partial charge in [0.25, 0.3) is 0 Å². The molecular formula is C14H18BrNO3. The summed E-state index contributed by atoms with van der Waals surface area (Å²) < 4.78 is 6.25. The van der Waals surface area contributed by atoms with Gasteiger partial charge < -0.3 is 9.84 Å². The lowest BCUT2D eigenvalue weighted by atomic mass is 10.1. The van der Waals surface area contributed by atoms with E-state index < -0.39 is 5.60 Å². The SMILES string of the molecule is CC(C)(C)OC(=O)N1CCc2c(CO)cc(Br)cc21. The molecule has 0 bridgehead atoms. The number of aliphatic hydroxyl groups is 1.